The van der Waals surface area contributed by atoms with Gasteiger partial charge < -0.3 is 19.9 Å². The number of ether oxygens (including phenoxy) is 1. The number of halogens is 1. The highest BCUT2D eigenvalue weighted by Crippen LogP contribution is 2.31. The summed E-state index contributed by atoms with van der Waals surface area (Å²) in [5, 5.41) is 3.47. The molecule has 10 heteroatoms. The Morgan fingerprint density at radius 2 is 1.77 bits per heavy atom. The van der Waals surface area contributed by atoms with Crippen molar-refractivity contribution in [2.75, 3.05) is 30.4 Å². The maximum atomic E-state index is 12.5. The van der Waals surface area contributed by atoms with Gasteiger partial charge in [-0.05, 0) is 75.6 Å². The fraction of sp³-hybridized carbons (Fsp3) is 0.310. The Morgan fingerprint density at radius 1 is 1.05 bits per heavy atom. The molecule has 2 aromatic heterocycles. The number of nitrogens with zero attached hydrogens (tertiary/aromatic N) is 4. The Kier molecular flexibility index (Phi) is 7.18. The lowest BCUT2D eigenvalue weighted by molar-refractivity contribution is 0.0589. The summed E-state index contributed by atoms with van der Waals surface area (Å²) in [4.78, 5) is 40.7. The maximum Gasteiger partial charge on any atom is 0.414 e. The number of hydrogen-bond donors (Lipinski definition) is 2. The highest BCUT2D eigenvalue weighted by atomic mass is 35.5. The van der Waals surface area contributed by atoms with Crippen LogP contribution in [-0.2, 0) is 4.74 Å². The van der Waals surface area contributed by atoms with Gasteiger partial charge in [-0.15, -0.1) is 0 Å². The third kappa shape index (κ3) is 5.98. The van der Waals surface area contributed by atoms with Crippen LogP contribution >= 0.6 is 11.6 Å². The van der Waals surface area contributed by atoms with Gasteiger partial charge in [0.25, 0.3) is 0 Å². The number of carbonyl (C=O) groups is 2. The molecule has 1 saturated heterocycles. The van der Waals surface area contributed by atoms with E-state index in [9.17, 15) is 9.59 Å². The summed E-state index contributed by atoms with van der Waals surface area (Å²) in [5.41, 5.74) is 4.60. The van der Waals surface area contributed by atoms with Crippen molar-refractivity contribution in [1.29, 1.82) is 0 Å². The van der Waals surface area contributed by atoms with Crippen molar-refractivity contribution in [3.8, 4) is 22.5 Å². The summed E-state index contributed by atoms with van der Waals surface area (Å²) in [6.07, 6.45) is 3.40. The second-order valence-corrected chi connectivity index (χ2v) is 11.0. The molecule has 2 aromatic carbocycles. The van der Waals surface area contributed by atoms with Gasteiger partial charge in [0.1, 0.15) is 11.4 Å². The van der Waals surface area contributed by atoms with Crippen LogP contribution in [-0.4, -0.2) is 57.7 Å². The van der Waals surface area contributed by atoms with Crippen LogP contribution in [0.4, 0.5) is 21.0 Å². The molecule has 0 spiro atoms. The number of likely N-dealkylation sites (tertiary alicyclic amines) is 1. The molecule has 39 heavy (non-hydrogen) atoms. The number of urea groups is 1. The summed E-state index contributed by atoms with van der Waals surface area (Å²) < 4.78 is 5.45. The van der Waals surface area contributed by atoms with Crippen molar-refractivity contribution >= 4 is 46.3 Å². The lowest BCUT2D eigenvalue weighted by atomic mass is 10.1. The highest BCUT2D eigenvalue weighted by Gasteiger charge is 2.21. The lowest BCUT2D eigenvalue weighted by Gasteiger charge is -2.24. The first-order valence-corrected chi connectivity index (χ1v) is 13.2. The molecule has 4 aromatic rings. The van der Waals surface area contributed by atoms with Gasteiger partial charge >= 0.3 is 12.1 Å². The summed E-state index contributed by atoms with van der Waals surface area (Å²) in [5.74, 6) is 0.561. The molecule has 0 saturated carbocycles. The molecule has 5 rings (SSSR count). The second kappa shape index (κ2) is 10.6. The van der Waals surface area contributed by atoms with Crippen LogP contribution in [0.2, 0.25) is 5.02 Å². The van der Waals surface area contributed by atoms with E-state index in [1.807, 2.05) is 62.1 Å². The van der Waals surface area contributed by atoms with E-state index in [1.165, 1.54) is 4.90 Å². The number of aromatic nitrogens is 3. The van der Waals surface area contributed by atoms with Crippen LogP contribution in [0.1, 0.15) is 33.6 Å². The SMILES string of the molecule is CN(C(=O)OC(C)(C)C)c1ccc(-c2cnc3nc(-c4cc(NC(=O)N5CCCC5)ccc4Cl)[nH]c3c2)cc1. The van der Waals surface area contributed by atoms with Crippen molar-refractivity contribution in [3.05, 3.63) is 59.8 Å². The Labute approximate surface area is 232 Å². The zero-order valence-electron chi connectivity index (χ0n) is 22.4. The van der Waals surface area contributed by atoms with Crippen LogP contribution in [0.3, 0.4) is 0 Å². The maximum absolute atomic E-state index is 12.5. The predicted octanol–water partition coefficient (Wildman–Crippen LogP) is 6.94. The third-order valence-corrected chi connectivity index (χ3v) is 6.79. The van der Waals surface area contributed by atoms with Crippen molar-refractivity contribution in [2.24, 2.45) is 0 Å². The topological polar surface area (TPSA) is 103 Å². The van der Waals surface area contributed by atoms with Crippen LogP contribution in [0.15, 0.2) is 54.7 Å². The van der Waals surface area contributed by atoms with Crippen LogP contribution in [0, 0.1) is 0 Å². The molecule has 202 valence electrons. The van der Waals surface area contributed by atoms with Gasteiger partial charge in [0, 0.05) is 48.8 Å². The minimum atomic E-state index is -0.567. The van der Waals surface area contributed by atoms with E-state index in [-0.39, 0.29) is 6.03 Å². The normalized spacial score (nSPS) is 13.5. The lowest BCUT2D eigenvalue weighted by Crippen LogP contribution is -2.34. The fourth-order valence-corrected chi connectivity index (χ4v) is 4.61. The Balaban J connectivity index is 1.36. The molecule has 1 aliphatic heterocycles. The summed E-state index contributed by atoms with van der Waals surface area (Å²) in [7, 11) is 1.68. The Bertz CT molecular complexity index is 1520. The van der Waals surface area contributed by atoms with Gasteiger partial charge in [0.15, 0.2) is 5.65 Å². The number of carbonyl (C=O) groups excluding carboxylic acids is 2. The van der Waals surface area contributed by atoms with Gasteiger partial charge in [-0.3, -0.25) is 4.90 Å². The van der Waals surface area contributed by atoms with Crippen molar-refractivity contribution in [2.45, 2.75) is 39.2 Å². The van der Waals surface area contributed by atoms with Crippen LogP contribution < -0.4 is 10.2 Å². The third-order valence-electron chi connectivity index (χ3n) is 6.46. The first kappa shape index (κ1) is 26.5. The molecular formula is C29H31ClN6O3. The van der Waals surface area contributed by atoms with Crippen molar-refractivity contribution in [3.63, 3.8) is 0 Å². The monoisotopic (exact) mass is 546 g/mol. The van der Waals surface area contributed by atoms with E-state index in [0.717, 1.165) is 48.3 Å². The predicted molar refractivity (Wildman–Crippen MR) is 154 cm³/mol. The number of fused-ring (bicyclic) bond motifs is 1. The van der Waals surface area contributed by atoms with Crippen molar-refractivity contribution < 1.29 is 14.3 Å². The Morgan fingerprint density at radius 3 is 2.46 bits per heavy atom. The molecule has 0 unspecified atom stereocenters. The first-order chi connectivity index (χ1) is 18.6. The molecule has 2 N–H and O–H groups in total. The van der Waals surface area contributed by atoms with E-state index in [2.05, 4.69) is 20.3 Å². The van der Waals surface area contributed by atoms with Gasteiger partial charge in [0.2, 0.25) is 0 Å². The summed E-state index contributed by atoms with van der Waals surface area (Å²) in [6, 6.07) is 14.8. The fourth-order valence-electron chi connectivity index (χ4n) is 4.41. The summed E-state index contributed by atoms with van der Waals surface area (Å²) in [6.45, 7) is 7.05. The first-order valence-electron chi connectivity index (χ1n) is 12.9. The molecule has 0 radical (unpaired) electrons. The number of rotatable bonds is 4. The van der Waals surface area contributed by atoms with Crippen molar-refractivity contribution in [1.82, 2.24) is 19.9 Å². The minimum Gasteiger partial charge on any atom is -0.443 e. The molecule has 3 heterocycles. The quantitative estimate of drug-likeness (QED) is 0.288. The number of anilines is 2. The van der Waals surface area contributed by atoms with Gasteiger partial charge in [0.05, 0.1) is 10.5 Å². The van der Waals surface area contributed by atoms with E-state index < -0.39 is 11.7 Å². The molecule has 0 bridgehead atoms. The van der Waals surface area contributed by atoms with Gasteiger partial charge in [-0.2, -0.15) is 0 Å². The number of aromatic amines is 1. The number of pyridine rings is 1. The zero-order chi connectivity index (χ0) is 27.7. The standard InChI is InChI=1S/C29H31ClN6O3/c1-29(2,3)39-28(38)35(4)21-10-7-18(8-11-21)19-15-24-26(31-17-19)34-25(33-24)22-16-20(9-12-23(22)30)32-27(37)36-13-5-6-14-36/h7-12,15-17H,5-6,13-14H2,1-4H3,(H,32,37)(H,31,33,34). The summed E-state index contributed by atoms with van der Waals surface area (Å²) >= 11 is 6.51. The van der Waals surface area contributed by atoms with E-state index >= 15 is 0 Å². The van der Waals surface area contributed by atoms with E-state index in [4.69, 9.17) is 16.3 Å². The molecule has 3 amide bonds. The molecular weight excluding hydrogens is 516 g/mol. The zero-order valence-corrected chi connectivity index (χ0v) is 23.2. The van der Waals surface area contributed by atoms with Gasteiger partial charge in [-0.25, -0.2) is 19.6 Å². The number of imidazole rings is 1. The smallest absolute Gasteiger partial charge is 0.414 e. The average molecular weight is 547 g/mol. The van der Waals surface area contributed by atoms with E-state index in [1.54, 1.807) is 25.4 Å². The second-order valence-electron chi connectivity index (χ2n) is 10.6. The number of H-pyrrole nitrogens is 1. The van der Waals surface area contributed by atoms with E-state index in [0.29, 0.717) is 27.7 Å². The molecule has 0 atom stereocenters. The minimum absolute atomic E-state index is 0.111. The molecule has 0 aliphatic carbocycles. The number of nitrogens with one attached hydrogen (secondary N) is 2. The number of benzene rings is 2. The van der Waals surface area contributed by atoms with Gasteiger partial charge in [-0.1, -0.05) is 23.7 Å². The molecule has 1 fully saturated rings. The number of amides is 3. The van der Waals surface area contributed by atoms with Crippen LogP contribution in [0.5, 0.6) is 0 Å². The van der Waals surface area contributed by atoms with Crippen LogP contribution in [0.25, 0.3) is 33.7 Å². The number of hydrogen-bond acceptors (Lipinski definition) is 5. The highest BCUT2D eigenvalue weighted by molar-refractivity contribution is 6.33. The molecule has 1 aliphatic rings. The Hall–Kier alpha value is -4.11. The largest absolute Gasteiger partial charge is 0.443 e. The molecule has 9 nitrogen and oxygen atoms in total. The average Bonchev–Trinajstić information content (AvgIpc) is 3.58.